The van der Waals surface area contributed by atoms with Gasteiger partial charge in [0.05, 0.1) is 10.6 Å². The molecule has 4 rings (SSSR count). The van der Waals surface area contributed by atoms with E-state index in [1.54, 1.807) is 12.1 Å². The Labute approximate surface area is 160 Å². The maximum absolute atomic E-state index is 11.6. The van der Waals surface area contributed by atoms with E-state index in [1.165, 1.54) is 12.7 Å². The van der Waals surface area contributed by atoms with Crippen molar-refractivity contribution in [3.63, 3.8) is 0 Å². The fourth-order valence-corrected chi connectivity index (χ4v) is 4.14. The van der Waals surface area contributed by atoms with Crippen molar-refractivity contribution in [1.29, 1.82) is 0 Å². The highest BCUT2D eigenvalue weighted by Gasteiger charge is 2.15. The molecule has 0 spiro atoms. The van der Waals surface area contributed by atoms with E-state index in [4.69, 9.17) is 5.10 Å². The van der Waals surface area contributed by atoms with Crippen molar-refractivity contribution in [2.24, 2.45) is 5.92 Å². The average molecular weight is 382 g/mol. The van der Waals surface area contributed by atoms with Crippen LogP contribution in [0.3, 0.4) is 0 Å². The monoisotopic (exact) mass is 381 g/mol. The van der Waals surface area contributed by atoms with Crippen LogP contribution in [-0.4, -0.2) is 37.5 Å². The van der Waals surface area contributed by atoms with Gasteiger partial charge in [-0.25, -0.2) is 8.42 Å². The van der Waals surface area contributed by atoms with Gasteiger partial charge in [0.25, 0.3) is 0 Å². The van der Waals surface area contributed by atoms with Crippen LogP contribution in [0.15, 0.2) is 65.7 Å². The summed E-state index contributed by atoms with van der Waals surface area (Å²) in [7, 11) is -3.18. The summed E-state index contributed by atoms with van der Waals surface area (Å²) < 4.78 is 25.3. The lowest BCUT2D eigenvalue weighted by Gasteiger charge is -2.08. The SMILES string of the molecule is CS(=O)(=O)c1ccc(-c2cccc(-c3ccn(CC4CCNC4)n3)c2)cc1. The van der Waals surface area contributed by atoms with Crippen molar-refractivity contribution in [3.8, 4) is 22.4 Å². The quantitative estimate of drug-likeness (QED) is 0.737. The molecule has 1 saturated heterocycles. The van der Waals surface area contributed by atoms with Gasteiger partial charge in [-0.3, -0.25) is 4.68 Å². The van der Waals surface area contributed by atoms with Crippen molar-refractivity contribution in [2.75, 3.05) is 19.3 Å². The minimum atomic E-state index is -3.18. The first-order valence-corrected chi connectivity index (χ1v) is 11.0. The molecule has 0 bridgehead atoms. The fraction of sp³-hybridized carbons (Fsp3) is 0.286. The van der Waals surface area contributed by atoms with Gasteiger partial charge in [0, 0.05) is 24.6 Å². The molecule has 1 N–H and O–H groups in total. The maximum Gasteiger partial charge on any atom is 0.175 e. The molecule has 0 radical (unpaired) electrons. The Balaban J connectivity index is 1.56. The second-order valence-electron chi connectivity index (χ2n) is 7.16. The Morgan fingerprint density at radius 2 is 1.85 bits per heavy atom. The molecule has 1 fully saturated rings. The molecule has 1 atom stereocenters. The van der Waals surface area contributed by atoms with E-state index in [1.807, 2.05) is 41.2 Å². The van der Waals surface area contributed by atoms with Gasteiger partial charge in [-0.05, 0) is 60.8 Å². The summed E-state index contributed by atoms with van der Waals surface area (Å²) in [5, 5.41) is 8.13. The number of sulfone groups is 1. The van der Waals surface area contributed by atoms with Gasteiger partial charge in [0.1, 0.15) is 0 Å². The molecule has 5 nitrogen and oxygen atoms in total. The number of nitrogens with one attached hydrogen (secondary N) is 1. The van der Waals surface area contributed by atoms with E-state index in [0.717, 1.165) is 42.0 Å². The lowest BCUT2D eigenvalue weighted by Crippen LogP contribution is -2.14. The van der Waals surface area contributed by atoms with E-state index in [0.29, 0.717) is 10.8 Å². The molecular weight excluding hydrogens is 358 g/mol. The van der Waals surface area contributed by atoms with Crippen LogP contribution in [0.1, 0.15) is 6.42 Å². The third-order valence-electron chi connectivity index (χ3n) is 5.02. The molecule has 2 aromatic carbocycles. The molecule has 1 aliphatic heterocycles. The molecule has 1 unspecified atom stereocenters. The van der Waals surface area contributed by atoms with Crippen LogP contribution >= 0.6 is 0 Å². The van der Waals surface area contributed by atoms with Crippen molar-refractivity contribution in [1.82, 2.24) is 15.1 Å². The van der Waals surface area contributed by atoms with Crippen LogP contribution in [0.25, 0.3) is 22.4 Å². The van der Waals surface area contributed by atoms with Crippen LogP contribution in [-0.2, 0) is 16.4 Å². The lowest BCUT2D eigenvalue weighted by atomic mass is 10.0. The number of rotatable bonds is 5. The van der Waals surface area contributed by atoms with Crippen LogP contribution in [0, 0.1) is 5.92 Å². The fourth-order valence-electron chi connectivity index (χ4n) is 3.50. The Hall–Kier alpha value is -2.44. The second kappa shape index (κ2) is 7.29. The highest BCUT2D eigenvalue weighted by molar-refractivity contribution is 7.90. The van der Waals surface area contributed by atoms with Crippen molar-refractivity contribution >= 4 is 9.84 Å². The van der Waals surface area contributed by atoms with Gasteiger partial charge in [-0.2, -0.15) is 5.10 Å². The van der Waals surface area contributed by atoms with Gasteiger partial charge >= 0.3 is 0 Å². The number of aromatic nitrogens is 2. The van der Waals surface area contributed by atoms with Crippen molar-refractivity contribution < 1.29 is 8.42 Å². The third kappa shape index (κ3) is 4.12. The van der Waals surface area contributed by atoms with Crippen LogP contribution < -0.4 is 5.32 Å². The molecule has 0 aliphatic carbocycles. The minimum Gasteiger partial charge on any atom is -0.316 e. The van der Waals surface area contributed by atoms with E-state index in [-0.39, 0.29) is 0 Å². The predicted octanol–water partition coefficient (Wildman–Crippen LogP) is 3.23. The molecule has 3 aromatic rings. The lowest BCUT2D eigenvalue weighted by molar-refractivity contribution is 0.450. The van der Waals surface area contributed by atoms with Gasteiger partial charge < -0.3 is 5.32 Å². The highest BCUT2D eigenvalue weighted by atomic mass is 32.2. The largest absolute Gasteiger partial charge is 0.316 e. The number of hydrogen-bond acceptors (Lipinski definition) is 4. The van der Waals surface area contributed by atoms with Gasteiger partial charge in [0.2, 0.25) is 0 Å². The summed E-state index contributed by atoms with van der Waals surface area (Å²) in [4.78, 5) is 0.336. The molecule has 2 heterocycles. The number of hydrogen-bond donors (Lipinski definition) is 1. The number of benzene rings is 2. The molecule has 1 aromatic heterocycles. The first-order chi connectivity index (χ1) is 13.0. The Morgan fingerprint density at radius 1 is 1.07 bits per heavy atom. The van der Waals surface area contributed by atoms with Crippen molar-refractivity contribution in [2.45, 2.75) is 17.9 Å². The summed E-state index contributed by atoms with van der Waals surface area (Å²) in [6.07, 6.45) is 4.47. The summed E-state index contributed by atoms with van der Waals surface area (Å²) in [5.41, 5.74) is 4.04. The van der Waals surface area contributed by atoms with Crippen molar-refractivity contribution in [3.05, 3.63) is 60.8 Å². The number of nitrogens with zero attached hydrogens (tertiary/aromatic N) is 2. The zero-order valence-electron chi connectivity index (χ0n) is 15.3. The summed E-state index contributed by atoms with van der Waals surface area (Å²) in [5.74, 6) is 0.650. The Bertz CT molecular complexity index is 1030. The van der Waals surface area contributed by atoms with E-state index >= 15 is 0 Å². The first-order valence-electron chi connectivity index (χ1n) is 9.14. The van der Waals surface area contributed by atoms with E-state index in [2.05, 4.69) is 17.4 Å². The predicted molar refractivity (Wildman–Crippen MR) is 107 cm³/mol. The first kappa shape index (κ1) is 17.9. The van der Waals surface area contributed by atoms with Gasteiger partial charge in [0.15, 0.2) is 9.84 Å². The van der Waals surface area contributed by atoms with E-state index in [9.17, 15) is 8.42 Å². The third-order valence-corrected chi connectivity index (χ3v) is 6.15. The van der Waals surface area contributed by atoms with Crippen LogP contribution in [0.2, 0.25) is 0 Å². The summed E-state index contributed by atoms with van der Waals surface area (Å²) in [6, 6.07) is 17.2. The minimum absolute atomic E-state index is 0.336. The molecule has 6 heteroatoms. The normalized spacial score (nSPS) is 17.3. The molecule has 140 valence electrons. The molecular formula is C21H23N3O2S. The summed E-state index contributed by atoms with van der Waals surface area (Å²) in [6.45, 7) is 3.10. The molecule has 0 saturated carbocycles. The zero-order valence-corrected chi connectivity index (χ0v) is 16.1. The maximum atomic E-state index is 11.6. The van der Waals surface area contributed by atoms with Crippen LogP contribution in [0.5, 0.6) is 0 Å². The standard InChI is InChI=1S/C21H23N3O2S/c1-27(25,26)20-7-5-17(6-8-20)18-3-2-4-19(13-18)21-10-12-24(23-21)15-16-9-11-22-14-16/h2-8,10,12-13,16,22H,9,11,14-15H2,1H3. The average Bonchev–Trinajstić information content (AvgIpc) is 3.34. The molecule has 27 heavy (non-hydrogen) atoms. The highest BCUT2D eigenvalue weighted by Crippen LogP contribution is 2.26. The van der Waals surface area contributed by atoms with E-state index < -0.39 is 9.84 Å². The topological polar surface area (TPSA) is 64.0 Å². The Morgan fingerprint density at radius 3 is 2.56 bits per heavy atom. The van der Waals surface area contributed by atoms with Crippen LogP contribution in [0.4, 0.5) is 0 Å². The zero-order chi connectivity index (χ0) is 18.9. The Kier molecular flexibility index (Phi) is 4.85. The molecule has 1 aliphatic rings. The van der Waals surface area contributed by atoms with Gasteiger partial charge in [-0.15, -0.1) is 0 Å². The second-order valence-corrected chi connectivity index (χ2v) is 9.17. The smallest absolute Gasteiger partial charge is 0.175 e. The van der Waals surface area contributed by atoms with Gasteiger partial charge in [-0.1, -0.05) is 30.3 Å². The molecule has 0 amide bonds. The summed E-state index contributed by atoms with van der Waals surface area (Å²) >= 11 is 0.